The summed E-state index contributed by atoms with van der Waals surface area (Å²) in [5.41, 5.74) is 3.06. The molecule has 2 aromatic rings. The first-order chi connectivity index (χ1) is 11.2. The van der Waals surface area contributed by atoms with Gasteiger partial charge in [0.2, 0.25) is 0 Å². The standard InChI is InChI=1S/C19H22N4/c1-16-4-2-5-19(21-16)23-11-3-10-22(12-13-23)15-18-8-6-17(14-20)7-9-18/h2,4-9H,3,10-13,15H2,1H3. The Bertz CT molecular complexity index is 687. The van der Waals surface area contributed by atoms with Gasteiger partial charge in [0, 0.05) is 38.4 Å². The van der Waals surface area contributed by atoms with E-state index in [0.717, 1.165) is 56.2 Å². The molecule has 0 saturated carbocycles. The van der Waals surface area contributed by atoms with Crippen molar-refractivity contribution in [3.05, 3.63) is 59.3 Å². The number of hydrogen-bond donors (Lipinski definition) is 0. The highest BCUT2D eigenvalue weighted by Gasteiger charge is 2.16. The van der Waals surface area contributed by atoms with Crippen LogP contribution in [0.15, 0.2) is 42.5 Å². The van der Waals surface area contributed by atoms with Gasteiger partial charge >= 0.3 is 0 Å². The summed E-state index contributed by atoms with van der Waals surface area (Å²) in [6.45, 7) is 7.18. The molecule has 1 saturated heterocycles. The van der Waals surface area contributed by atoms with Crippen molar-refractivity contribution in [2.24, 2.45) is 0 Å². The van der Waals surface area contributed by atoms with Gasteiger partial charge in [0.1, 0.15) is 5.82 Å². The fourth-order valence-corrected chi connectivity index (χ4v) is 3.01. The zero-order valence-electron chi connectivity index (χ0n) is 13.6. The van der Waals surface area contributed by atoms with E-state index >= 15 is 0 Å². The predicted molar refractivity (Wildman–Crippen MR) is 92.2 cm³/mol. The molecule has 23 heavy (non-hydrogen) atoms. The molecule has 4 nitrogen and oxygen atoms in total. The van der Waals surface area contributed by atoms with E-state index in [-0.39, 0.29) is 0 Å². The Morgan fingerprint density at radius 2 is 1.87 bits per heavy atom. The summed E-state index contributed by atoms with van der Waals surface area (Å²) in [6, 6.07) is 16.3. The smallest absolute Gasteiger partial charge is 0.128 e. The zero-order chi connectivity index (χ0) is 16.1. The Hall–Kier alpha value is -2.38. The first-order valence-corrected chi connectivity index (χ1v) is 8.14. The minimum Gasteiger partial charge on any atom is -0.355 e. The summed E-state index contributed by atoms with van der Waals surface area (Å²) in [7, 11) is 0. The highest BCUT2D eigenvalue weighted by Crippen LogP contribution is 2.16. The molecule has 1 aromatic heterocycles. The third-order valence-electron chi connectivity index (χ3n) is 4.28. The number of nitriles is 1. The van der Waals surface area contributed by atoms with Crippen molar-refractivity contribution >= 4 is 5.82 Å². The van der Waals surface area contributed by atoms with Gasteiger partial charge in [-0.3, -0.25) is 4.90 Å². The minimum atomic E-state index is 0.723. The van der Waals surface area contributed by atoms with E-state index in [1.54, 1.807) is 0 Å². The van der Waals surface area contributed by atoms with Crippen molar-refractivity contribution in [3.63, 3.8) is 0 Å². The summed E-state index contributed by atoms with van der Waals surface area (Å²) < 4.78 is 0. The van der Waals surface area contributed by atoms with Crippen LogP contribution in [-0.4, -0.2) is 36.1 Å². The Kier molecular flexibility index (Phi) is 4.89. The van der Waals surface area contributed by atoms with E-state index in [9.17, 15) is 0 Å². The minimum absolute atomic E-state index is 0.723. The van der Waals surface area contributed by atoms with Crippen molar-refractivity contribution < 1.29 is 0 Å². The molecule has 0 spiro atoms. The molecular formula is C19H22N4. The lowest BCUT2D eigenvalue weighted by molar-refractivity contribution is 0.285. The summed E-state index contributed by atoms with van der Waals surface area (Å²) >= 11 is 0. The van der Waals surface area contributed by atoms with Gasteiger partial charge in [0.15, 0.2) is 0 Å². The maximum Gasteiger partial charge on any atom is 0.128 e. The first kappa shape index (κ1) is 15.5. The van der Waals surface area contributed by atoms with Gasteiger partial charge in [-0.1, -0.05) is 18.2 Å². The van der Waals surface area contributed by atoms with E-state index in [4.69, 9.17) is 5.26 Å². The van der Waals surface area contributed by atoms with Gasteiger partial charge in [-0.25, -0.2) is 4.98 Å². The van der Waals surface area contributed by atoms with Crippen LogP contribution in [-0.2, 0) is 6.54 Å². The summed E-state index contributed by atoms with van der Waals surface area (Å²) in [5, 5.41) is 8.87. The molecule has 0 unspecified atom stereocenters. The van der Waals surface area contributed by atoms with Gasteiger partial charge in [0.25, 0.3) is 0 Å². The molecule has 0 bridgehead atoms. The highest BCUT2D eigenvalue weighted by molar-refractivity contribution is 5.39. The number of hydrogen-bond acceptors (Lipinski definition) is 4. The van der Waals surface area contributed by atoms with Crippen LogP contribution in [0.5, 0.6) is 0 Å². The third kappa shape index (κ3) is 4.08. The monoisotopic (exact) mass is 306 g/mol. The number of nitrogens with zero attached hydrogens (tertiary/aromatic N) is 4. The Labute approximate surface area is 138 Å². The topological polar surface area (TPSA) is 43.2 Å². The molecule has 0 N–H and O–H groups in total. The van der Waals surface area contributed by atoms with E-state index in [1.165, 1.54) is 5.56 Å². The molecule has 1 fully saturated rings. The molecule has 0 atom stereocenters. The molecule has 0 radical (unpaired) electrons. The van der Waals surface area contributed by atoms with Crippen LogP contribution >= 0.6 is 0 Å². The SMILES string of the molecule is Cc1cccc(N2CCCN(Cc3ccc(C#N)cc3)CC2)n1. The van der Waals surface area contributed by atoms with Crippen molar-refractivity contribution in [1.29, 1.82) is 5.26 Å². The molecule has 2 heterocycles. The summed E-state index contributed by atoms with van der Waals surface area (Å²) in [6.07, 6.45) is 1.14. The maximum absolute atomic E-state index is 8.87. The highest BCUT2D eigenvalue weighted by atomic mass is 15.2. The molecular weight excluding hydrogens is 284 g/mol. The van der Waals surface area contributed by atoms with Crippen molar-refractivity contribution in [1.82, 2.24) is 9.88 Å². The number of aromatic nitrogens is 1. The molecule has 0 amide bonds. The van der Waals surface area contributed by atoms with Gasteiger partial charge in [0.05, 0.1) is 11.6 Å². The van der Waals surface area contributed by atoms with Crippen LogP contribution in [0.4, 0.5) is 5.82 Å². The van der Waals surface area contributed by atoms with Crippen LogP contribution in [0.1, 0.15) is 23.2 Å². The second-order valence-corrected chi connectivity index (χ2v) is 6.06. The van der Waals surface area contributed by atoms with Gasteiger partial charge in [-0.2, -0.15) is 5.26 Å². The maximum atomic E-state index is 8.87. The van der Waals surface area contributed by atoms with Crippen LogP contribution in [0.2, 0.25) is 0 Å². The average Bonchev–Trinajstić information content (AvgIpc) is 2.81. The molecule has 118 valence electrons. The van der Waals surface area contributed by atoms with E-state index < -0.39 is 0 Å². The number of pyridine rings is 1. The van der Waals surface area contributed by atoms with Gasteiger partial charge < -0.3 is 4.90 Å². The van der Waals surface area contributed by atoms with Crippen LogP contribution in [0.25, 0.3) is 0 Å². The lowest BCUT2D eigenvalue weighted by Crippen LogP contribution is -2.31. The largest absolute Gasteiger partial charge is 0.355 e. The number of aryl methyl sites for hydroxylation is 1. The molecule has 1 aromatic carbocycles. The van der Waals surface area contributed by atoms with Crippen molar-refractivity contribution in [2.45, 2.75) is 19.9 Å². The van der Waals surface area contributed by atoms with Crippen LogP contribution in [0.3, 0.4) is 0 Å². The van der Waals surface area contributed by atoms with Gasteiger partial charge in [-0.15, -0.1) is 0 Å². The fourth-order valence-electron chi connectivity index (χ4n) is 3.01. The Balaban J connectivity index is 1.61. The zero-order valence-corrected chi connectivity index (χ0v) is 13.6. The van der Waals surface area contributed by atoms with E-state index in [0.29, 0.717) is 0 Å². The lowest BCUT2D eigenvalue weighted by Gasteiger charge is -2.23. The Morgan fingerprint density at radius 3 is 2.61 bits per heavy atom. The van der Waals surface area contributed by atoms with E-state index in [2.05, 4.69) is 45.1 Å². The number of benzene rings is 1. The van der Waals surface area contributed by atoms with Crippen LogP contribution < -0.4 is 4.90 Å². The number of rotatable bonds is 3. The van der Waals surface area contributed by atoms with E-state index in [1.807, 2.05) is 25.1 Å². The fraction of sp³-hybridized carbons (Fsp3) is 0.368. The second kappa shape index (κ2) is 7.26. The van der Waals surface area contributed by atoms with Crippen LogP contribution in [0, 0.1) is 18.3 Å². The molecule has 3 rings (SSSR count). The van der Waals surface area contributed by atoms with Crippen molar-refractivity contribution in [2.75, 3.05) is 31.1 Å². The molecule has 1 aliphatic rings. The normalized spacial score (nSPS) is 15.9. The van der Waals surface area contributed by atoms with Crippen molar-refractivity contribution in [3.8, 4) is 6.07 Å². The Morgan fingerprint density at radius 1 is 1.04 bits per heavy atom. The third-order valence-corrected chi connectivity index (χ3v) is 4.28. The summed E-state index contributed by atoms with van der Waals surface area (Å²) in [5.74, 6) is 1.09. The number of anilines is 1. The van der Waals surface area contributed by atoms with Gasteiger partial charge in [-0.05, 0) is 43.2 Å². The summed E-state index contributed by atoms with van der Waals surface area (Å²) in [4.78, 5) is 9.51. The molecule has 4 heteroatoms. The quantitative estimate of drug-likeness (QED) is 0.874. The molecule has 1 aliphatic heterocycles. The average molecular weight is 306 g/mol. The lowest BCUT2D eigenvalue weighted by atomic mass is 10.1. The second-order valence-electron chi connectivity index (χ2n) is 6.06. The first-order valence-electron chi connectivity index (χ1n) is 8.14. The predicted octanol–water partition coefficient (Wildman–Crippen LogP) is 2.97. The molecule has 0 aliphatic carbocycles.